The van der Waals surface area contributed by atoms with Gasteiger partial charge in [-0.15, -0.1) is 0 Å². The predicted molar refractivity (Wildman–Crippen MR) is 57.6 cm³/mol. The zero-order valence-electron chi connectivity index (χ0n) is 9.59. The molecule has 0 unspecified atom stereocenters. The molecule has 0 aromatic heterocycles. The summed E-state index contributed by atoms with van der Waals surface area (Å²) < 4.78 is 56.4. The summed E-state index contributed by atoms with van der Waals surface area (Å²) in [4.78, 5) is -0.429. The first-order valence-corrected chi connectivity index (χ1v) is 7.44. The molecule has 0 aliphatic rings. The molecule has 1 rings (SSSR count). The maximum Gasteiger partial charge on any atom is 1.00 e. The molecule has 0 spiro atoms. The van der Waals surface area contributed by atoms with Crippen LogP contribution in [0.2, 0.25) is 0 Å². The van der Waals surface area contributed by atoms with E-state index in [1.165, 1.54) is 19.1 Å². The molecule has 17 heavy (non-hydrogen) atoms. The summed E-state index contributed by atoms with van der Waals surface area (Å²) in [5, 5.41) is 0. The van der Waals surface area contributed by atoms with Gasteiger partial charge in [-0.05, 0) is 24.6 Å². The number of aryl methyl sites for hydroxylation is 1. The molecular weight excluding hydrogens is 277 g/mol. The maximum absolute atomic E-state index is 10.9. The molecule has 0 saturated heterocycles. The quantitative estimate of drug-likeness (QED) is 0.480. The summed E-state index contributed by atoms with van der Waals surface area (Å²) >= 11 is 0. The molecule has 0 bridgehead atoms. The van der Waals surface area contributed by atoms with E-state index in [0.717, 1.165) is 12.3 Å². The monoisotopic (exact) mass is 287 g/mol. The van der Waals surface area contributed by atoms with E-state index in [1.54, 1.807) is 0 Å². The second kappa shape index (κ2) is 5.68. The summed E-state index contributed by atoms with van der Waals surface area (Å²) in [7, 11) is -8.10. The van der Waals surface area contributed by atoms with Crippen molar-refractivity contribution >= 4 is 25.8 Å². The van der Waals surface area contributed by atoms with Crippen LogP contribution in [0.1, 0.15) is 5.56 Å². The number of rotatable bonds is 3. The number of nitrogens with one attached hydrogen (secondary N) is 1. The molecule has 0 aliphatic heterocycles. The average molecular weight is 287 g/mol. The third kappa shape index (κ3) is 5.36. The number of anilines is 1. The molecule has 0 aliphatic carbocycles. The van der Waals surface area contributed by atoms with Gasteiger partial charge in [0.2, 0.25) is 10.0 Å². The van der Waals surface area contributed by atoms with E-state index in [-0.39, 0.29) is 40.8 Å². The first-order valence-electron chi connectivity index (χ1n) is 4.14. The Bertz CT molecular complexity index is 609. The van der Waals surface area contributed by atoms with Gasteiger partial charge in [0, 0.05) is 5.69 Å². The fourth-order valence-electron chi connectivity index (χ4n) is 1.15. The van der Waals surface area contributed by atoms with Gasteiger partial charge in [0.25, 0.3) is 0 Å². The van der Waals surface area contributed by atoms with Crippen molar-refractivity contribution < 1.29 is 50.9 Å². The second-order valence-electron chi connectivity index (χ2n) is 3.31. The summed E-state index contributed by atoms with van der Waals surface area (Å²) in [6.45, 7) is 1.45. The van der Waals surface area contributed by atoms with Crippen LogP contribution in [-0.4, -0.2) is 27.6 Å². The molecule has 90 valence electrons. The van der Waals surface area contributed by atoms with Gasteiger partial charge in [0.05, 0.1) is 11.2 Å². The molecule has 1 aromatic rings. The molecular formula is C8H10NNaO5S2. The van der Waals surface area contributed by atoms with Crippen molar-refractivity contribution in [3.8, 4) is 0 Å². The molecule has 9 heteroatoms. The van der Waals surface area contributed by atoms with Gasteiger partial charge in [0.1, 0.15) is 10.1 Å². The van der Waals surface area contributed by atoms with Crippen LogP contribution in [0.3, 0.4) is 0 Å². The average Bonchev–Trinajstić information content (AvgIpc) is 2.04. The maximum atomic E-state index is 10.9. The normalized spacial score (nSPS) is 11.7. The van der Waals surface area contributed by atoms with Crippen LogP contribution < -0.4 is 34.3 Å². The van der Waals surface area contributed by atoms with E-state index in [4.69, 9.17) is 0 Å². The number of hydrogen-bond donors (Lipinski definition) is 1. The van der Waals surface area contributed by atoms with Gasteiger partial charge in [0.15, 0.2) is 0 Å². The van der Waals surface area contributed by atoms with Gasteiger partial charge in [-0.2, -0.15) is 0 Å². The summed E-state index contributed by atoms with van der Waals surface area (Å²) in [6.07, 6.45) is 0.929. The van der Waals surface area contributed by atoms with Gasteiger partial charge in [-0.3, -0.25) is 4.72 Å². The molecule has 1 N–H and O–H groups in total. The van der Waals surface area contributed by atoms with Crippen molar-refractivity contribution in [3.63, 3.8) is 0 Å². The van der Waals surface area contributed by atoms with E-state index < -0.39 is 25.0 Å². The van der Waals surface area contributed by atoms with Crippen LogP contribution in [0.15, 0.2) is 23.1 Å². The minimum Gasteiger partial charge on any atom is -0.744 e. The molecule has 0 amide bonds. The molecule has 0 fully saturated rings. The summed E-state index contributed by atoms with van der Waals surface area (Å²) in [5.41, 5.74) is 0.316. The Labute approximate surface area is 123 Å². The number of hydrogen-bond acceptors (Lipinski definition) is 5. The van der Waals surface area contributed by atoms with E-state index in [1.807, 2.05) is 0 Å². The smallest absolute Gasteiger partial charge is 0.744 e. The standard InChI is InChI=1S/C8H11NO5S2.Na/c1-6-3-4-7(9-15(2,10)11)5-8(6)16(12,13)14;/h3-5,9H,1-2H3,(H,12,13,14);/q;+1/p-1. The second-order valence-corrected chi connectivity index (χ2v) is 6.41. The summed E-state index contributed by atoms with van der Waals surface area (Å²) in [6, 6.07) is 3.74. The van der Waals surface area contributed by atoms with E-state index in [2.05, 4.69) is 4.72 Å². The molecule has 0 radical (unpaired) electrons. The Kier molecular flexibility index (Phi) is 5.64. The van der Waals surface area contributed by atoms with Crippen molar-refractivity contribution in [1.82, 2.24) is 0 Å². The van der Waals surface area contributed by atoms with Crippen LogP contribution in [0.5, 0.6) is 0 Å². The van der Waals surface area contributed by atoms with Gasteiger partial charge < -0.3 is 4.55 Å². The number of sulfonamides is 1. The Balaban J connectivity index is 0.00000256. The minimum absolute atomic E-state index is 0. The minimum atomic E-state index is -4.60. The third-order valence-corrected chi connectivity index (χ3v) is 3.35. The Morgan fingerprint density at radius 1 is 1.18 bits per heavy atom. The van der Waals surface area contributed by atoms with Crippen molar-refractivity contribution in [2.75, 3.05) is 11.0 Å². The van der Waals surface area contributed by atoms with Crippen LogP contribution in [0, 0.1) is 6.92 Å². The molecule has 6 nitrogen and oxygen atoms in total. The van der Waals surface area contributed by atoms with Crippen molar-refractivity contribution in [3.05, 3.63) is 23.8 Å². The zero-order valence-corrected chi connectivity index (χ0v) is 13.2. The fraction of sp³-hybridized carbons (Fsp3) is 0.250. The molecule has 0 saturated carbocycles. The van der Waals surface area contributed by atoms with E-state index in [0.29, 0.717) is 0 Å². The Morgan fingerprint density at radius 3 is 2.12 bits per heavy atom. The molecule has 0 heterocycles. The summed E-state index contributed by atoms with van der Waals surface area (Å²) in [5.74, 6) is 0. The predicted octanol–water partition coefficient (Wildman–Crippen LogP) is -2.73. The SMILES string of the molecule is Cc1ccc(NS(C)(=O)=O)cc1S(=O)(=O)[O-].[Na+]. The Hall–Kier alpha value is -0.120. The van der Waals surface area contributed by atoms with Crippen LogP contribution in [0.25, 0.3) is 0 Å². The fourth-order valence-corrected chi connectivity index (χ4v) is 2.44. The van der Waals surface area contributed by atoms with Gasteiger partial charge in [-0.1, -0.05) is 6.07 Å². The van der Waals surface area contributed by atoms with Gasteiger partial charge >= 0.3 is 29.6 Å². The topological polar surface area (TPSA) is 103 Å². The van der Waals surface area contributed by atoms with E-state index >= 15 is 0 Å². The molecule has 1 aromatic carbocycles. The Morgan fingerprint density at radius 2 is 1.71 bits per heavy atom. The third-order valence-electron chi connectivity index (χ3n) is 1.76. The first-order chi connectivity index (χ1) is 7.09. The van der Waals surface area contributed by atoms with Crippen molar-refractivity contribution in [1.29, 1.82) is 0 Å². The van der Waals surface area contributed by atoms with Crippen LogP contribution in [0.4, 0.5) is 5.69 Å². The van der Waals surface area contributed by atoms with E-state index in [9.17, 15) is 21.4 Å². The van der Waals surface area contributed by atoms with Gasteiger partial charge in [-0.25, -0.2) is 16.8 Å². The van der Waals surface area contributed by atoms with Crippen LogP contribution >= 0.6 is 0 Å². The first kappa shape index (κ1) is 16.9. The molecule has 0 atom stereocenters. The van der Waals surface area contributed by atoms with Crippen LogP contribution in [-0.2, 0) is 20.1 Å². The van der Waals surface area contributed by atoms with Crippen molar-refractivity contribution in [2.45, 2.75) is 11.8 Å². The zero-order chi connectivity index (χ0) is 12.6. The van der Waals surface area contributed by atoms with Crippen molar-refractivity contribution in [2.24, 2.45) is 0 Å². The number of benzene rings is 1. The largest absolute Gasteiger partial charge is 1.00 e.